The highest BCUT2D eigenvalue weighted by molar-refractivity contribution is 5.82. The molecule has 0 aliphatic heterocycles. The van der Waals surface area contributed by atoms with Crippen molar-refractivity contribution in [3.05, 3.63) is 52.3 Å². The molecule has 0 spiro atoms. The number of hydrogen-bond acceptors (Lipinski definition) is 4. The Labute approximate surface area is 123 Å². The third kappa shape index (κ3) is 2.17. The molecule has 0 aliphatic carbocycles. The Hall–Kier alpha value is -2.61. The van der Waals surface area contributed by atoms with Gasteiger partial charge in [-0.15, -0.1) is 0 Å². The van der Waals surface area contributed by atoms with Crippen LogP contribution in [0.3, 0.4) is 0 Å². The first-order valence-corrected chi connectivity index (χ1v) is 6.59. The molecule has 114 valence electrons. The summed E-state index contributed by atoms with van der Waals surface area (Å²) in [6.45, 7) is 1.67. The summed E-state index contributed by atoms with van der Waals surface area (Å²) in [6, 6.07) is 3.64. The molecule has 2 aromatic heterocycles. The molecule has 0 bridgehead atoms. The topological polar surface area (TPSA) is 89.6 Å². The predicted molar refractivity (Wildman–Crippen MR) is 77.0 cm³/mol. The van der Waals surface area contributed by atoms with Crippen LogP contribution in [-0.2, 0) is 0 Å². The van der Waals surface area contributed by atoms with Crippen molar-refractivity contribution in [3.8, 4) is 5.69 Å². The quantitative estimate of drug-likeness (QED) is 0.775. The van der Waals surface area contributed by atoms with Crippen LogP contribution in [0, 0.1) is 0 Å². The van der Waals surface area contributed by atoms with E-state index in [1.807, 2.05) is 0 Å². The highest BCUT2D eigenvalue weighted by atomic mass is 19.3. The number of nitrogens with two attached hydrogens (primary N) is 1. The zero-order valence-electron chi connectivity index (χ0n) is 11.6. The monoisotopic (exact) mass is 305 g/mol. The van der Waals surface area contributed by atoms with E-state index in [0.29, 0.717) is 5.69 Å². The lowest BCUT2D eigenvalue weighted by Gasteiger charge is -2.15. The summed E-state index contributed by atoms with van der Waals surface area (Å²) in [7, 11) is 0. The van der Waals surface area contributed by atoms with Gasteiger partial charge in [-0.2, -0.15) is 5.10 Å². The Morgan fingerprint density at radius 1 is 1.36 bits per heavy atom. The summed E-state index contributed by atoms with van der Waals surface area (Å²) >= 11 is 0. The van der Waals surface area contributed by atoms with Crippen LogP contribution < -0.4 is 11.3 Å². The molecule has 0 amide bonds. The molecule has 22 heavy (non-hydrogen) atoms. The van der Waals surface area contributed by atoms with Crippen LogP contribution in [0.15, 0.2) is 35.4 Å². The van der Waals surface area contributed by atoms with Crippen LogP contribution in [0.2, 0.25) is 0 Å². The number of H-pyrrole nitrogens is 1. The van der Waals surface area contributed by atoms with E-state index >= 15 is 0 Å². The van der Waals surface area contributed by atoms with E-state index in [1.54, 1.807) is 6.92 Å². The summed E-state index contributed by atoms with van der Waals surface area (Å²) in [5.41, 5.74) is 5.55. The average molecular weight is 305 g/mol. The van der Waals surface area contributed by atoms with Crippen LogP contribution in [0.5, 0.6) is 0 Å². The van der Waals surface area contributed by atoms with E-state index in [2.05, 4.69) is 15.2 Å². The lowest BCUT2D eigenvalue weighted by Crippen LogP contribution is -2.28. The molecule has 3 aromatic rings. The van der Waals surface area contributed by atoms with Gasteiger partial charge in [0.1, 0.15) is 5.82 Å². The predicted octanol–water partition coefficient (Wildman–Crippen LogP) is 2.07. The highest BCUT2D eigenvalue weighted by Gasteiger charge is 2.21. The van der Waals surface area contributed by atoms with Crippen molar-refractivity contribution in [1.82, 2.24) is 19.7 Å². The molecule has 0 radical (unpaired) electrons. The fourth-order valence-electron chi connectivity index (χ4n) is 2.38. The zero-order chi connectivity index (χ0) is 15.9. The SMILES string of the molecule is C[C@H](N)c1nc2cccc(C(F)F)c2c(=O)n1-c1cn[nH]c1. The minimum absolute atomic E-state index is 0.108. The second-order valence-corrected chi connectivity index (χ2v) is 4.90. The van der Waals surface area contributed by atoms with E-state index in [1.165, 1.54) is 35.2 Å². The first-order valence-electron chi connectivity index (χ1n) is 6.59. The van der Waals surface area contributed by atoms with Crippen LogP contribution in [0.1, 0.15) is 30.8 Å². The molecule has 0 unspecified atom stereocenters. The minimum Gasteiger partial charge on any atom is -0.322 e. The Kier molecular flexibility index (Phi) is 3.45. The van der Waals surface area contributed by atoms with Crippen LogP contribution in [0.25, 0.3) is 16.6 Å². The summed E-state index contributed by atoms with van der Waals surface area (Å²) in [4.78, 5) is 17.1. The normalized spacial score (nSPS) is 13.0. The molecule has 0 aliphatic rings. The van der Waals surface area contributed by atoms with Crippen molar-refractivity contribution < 1.29 is 8.78 Å². The van der Waals surface area contributed by atoms with Gasteiger partial charge in [0.05, 0.1) is 28.8 Å². The number of halogens is 2. The average Bonchev–Trinajstić information content (AvgIpc) is 2.99. The number of hydrogen-bond donors (Lipinski definition) is 2. The van der Waals surface area contributed by atoms with E-state index in [-0.39, 0.29) is 22.3 Å². The zero-order valence-corrected chi connectivity index (χ0v) is 11.6. The number of aromatic amines is 1. The second-order valence-electron chi connectivity index (χ2n) is 4.90. The first kappa shape index (κ1) is 14.3. The Morgan fingerprint density at radius 2 is 2.14 bits per heavy atom. The summed E-state index contributed by atoms with van der Waals surface area (Å²) in [5, 5.41) is 6.25. The van der Waals surface area contributed by atoms with Crippen molar-refractivity contribution in [2.24, 2.45) is 5.73 Å². The fraction of sp³-hybridized carbons (Fsp3) is 0.214. The third-order valence-corrected chi connectivity index (χ3v) is 3.34. The molecule has 3 rings (SSSR count). The number of benzene rings is 1. The lowest BCUT2D eigenvalue weighted by atomic mass is 10.1. The number of aromatic nitrogens is 4. The minimum atomic E-state index is -2.77. The van der Waals surface area contributed by atoms with E-state index in [9.17, 15) is 13.6 Å². The molecule has 6 nitrogen and oxygen atoms in total. The first-order chi connectivity index (χ1) is 10.5. The molecule has 3 N–H and O–H groups in total. The van der Waals surface area contributed by atoms with Crippen molar-refractivity contribution in [2.45, 2.75) is 19.4 Å². The Balaban J connectivity index is 2.47. The fourth-order valence-corrected chi connectivity index (χ4v) is 2.38. The molecule has 0 saturated heterocycles. The number of rotatable bonds is 3. The molecular formula is C14H13F2N5O. The number of alkyl halides is 2. The molecule has 2 heterocycles. The van der Waals surface area contributed by atoms with Gasteiger partial charge in [0, 0.05) is 11.8 Å². The van der Waals surface area contributed by atoms with E-state index in [4.69, 9.17) is 5.73 Å². The number of fused-ring (bicyclic) bond motifs is 1. The van der Waals surface area contributed by atoms with Gasteiger partial charge in [0.25, 0.3) is 12.0 Å². The van der Waals surface area contributed by atoms with Gasteiger partial charge in [-0.05, 0) is 13.0 Å². The number of nitrogens with zero attached hydrogens (tertiary/aromatic N) is 3. The standard InChI is InChI=1S/C14H13F2N5O/c1-7(17)13-20-10-4-2-3-9(12(15)16)11(10)14(22)21(13)8-5-18-19-6-8/h2-7,12H,17H2,1H3,(H,18,19)/t7-/m0/s1. The lowest BCUT2D eigenvalue weighted by molar-refractivity contribution is 0.153. The third-order valence-electron chi connectivity index (χ3n) is 3.34. The van der Waals surface area contributed by atoms with Gasteiger partial charge in [0.2, 0.25) is 0 Å². The van der Waals surface area contributed by atoms with E-state index < -0.39 is 18.0 Å². The molecule has 0 saturated carbocycles. The molecule has 1 aromatic carbocycles. The smallest absolute Gasteiger partial charge is 0.266 e. The van der Waals surface area contributed by atoms with Gasteiger partial charge in [-0.3, -0.25) is 14.5 Å². The summed E-state index contributed by atoms with van der Waals surface area (Å²) < 4.78 is 27.6. The van der Waals surface area contributed by atoms with Crippen molar-refractivity contribution >= 4 is 10.9 Å². The largest absolute Gasteiger partial charge is 0.322 e. The molecule has 8 heteroatoms. The van der Waals surface area contributed by atoms with Gasteiger partial charge in [0.15, 0.2) is 0 Å². The maximum Gasteiger partial charge on any atom is 0.266 e. The van der Waals surface area contributed by atoms with Gasteiger partial charge in [-0.1, -0.05) is 12.1 Å². The maximum absolute atomic E-state index is 13.2. The molecular weight excluding hydrogens is 292 g/mol. The van der Waals surface area contributed by atoms with Crippen molar-refractivity contribution in [1.29, 1.82) is 0 Å². The van der Waals surface area contributed by atoms with Crippen LogP contribution >= 0.6 is 0 Å². The van der Waals surface area contributed by atoms with E-state index in [0.717, 1.165) is 0 Å². The van der Waals surface area contributed by atoms with Gasteiger partial charge >= 0.3 is 0 Å². The Bertz CT molecular complexity index is 871. The van der Waals surface area contributed by atoms with Gasteiger partial charge in [-0.25, -0.2) is 13.8 Å². The van der Waals surface area contributed by atoms with Crippen molar-refractivity contribution in [2.75, 3.05) is 0 Å². The maximum atomic E-state index is 13.2. The van der Waals surface area contributed by atoms with Gasteiger partial charge < -0.3 is 5.73 Å². The van der Waals surface area contributed by atoms with Crippen LogP contribution in [0.4, 0.5) is 8.78 Å². The summed E-state index contributed by atoms with van der Waals surface area (Å²) in [6.07, 6.45) is 0.120. The summed E-state index contributed by atoms with van der Waals surface area (Å²) in [5.74, 6) is 0.283. The molecule has 1 atom stereocenters. The molecule has 0 fully saturated rings. The second kappa shape index (κ2) is 5.30. The highest BCUT2D eigenvalue weighted by Crippen LogP contribution is 2.26. The number of nitrogens with one attached hydrogen (secondary N) is 1. The van der Waals surface area contributed by atoms with Crippen molar-refractivity contribution in [3.63, 3.8) is 0 Å². The Morgan fingerprint density at radius 3 is 2.73 bits per heavy atom. The van der Waals surface area contributed by atoms with Crippen LogP contribution in [-0.4, -0.2) is 19.7 Å².